The van der Waals surface area contributed by atoms with Crippen LogP contribution in [-0.4, -0.2) is 17.5 Å². The van der Waals surface area contributed by atoms with Crippen LogP contribution in [0.25, 0.3) is 16.5 Å². The highest BCUT2D eigenvalue weighted by atomic mass is 16.5. The third kappa shape index (κ3) is 3.72. The number of aromatic nitrogens is 1. The fourth-order valence-corrected chi connectivity index (χ4v) is 3.11. The van der Waals surface area contributed by atoms with Gasteiger partial charge in [0.25, 0.3) is 0 Å². The molecular weight excluding hydrogens is 340 g/mol. The van der Waals surface area contributed by atoms with Crippen molar-refractivity contribution in [2.24, 2.45) is 0 Å². The van der Waals surface area contributed by atoms with E-state index in [1.165, 1.54) is 0 Å². The first kappa shape index (κ1) is 18.7. The maximum absolute atomic E-state index is 12.4. The molecule has 1 N–H and O–H groups in total. The van der Waals surface area contributed by atoms with Crippen molar-refractivity contribution in [1.29, 1.82) is 0 Å². The number of rotatable bonds is 5. The summed E-state index contributed by atoms with van der Waals surface area (Å²) < 4.78 is 11.8. The standard InChI is InChI=1S/C22H24N2O3/c1-6-26-21-15(4)22-18(14(3)16(5)27-22)12-17(21)13(2)11-20(25)24-19-9-7-8-10-23-19/h7-12H,6H2,1-5H3,(H,23,24,25)/b13-11+. The summed E-state index contributed by atoms with van der Waals surface area (Å²) in [6.07, 6.45) is 3.21. The molecule has 1 amide bonds. The highest BCUT2D eigenvalue weighted by Crippen LogP contribution is 2.38. The number of benzene rings is 1. The normalized spacial score (nSPS) is 11.7. The molecule has 3 rings (SSSR count). The molecule has 0 fully saturated rings. The van der Waals surface area contributed by atoms with Gasteiger partial charge >= 0.3 is 0 Å². The molecule has 27 heavy (non-hydrogen) atoms. The molecular formula is C22H24N2O3. The zero-order valence-electron chi connectivity index (χ0n) is 16.3. The Balaban J connectivity index is 2.04. The van der Waals surface area contributed by atoms with Crippen molar-refractivity contribution in [2.45, 2.75) is 34.6 Å². The lowest BCUT2D eigenvalue weighted by atomic mass is 9.98. The van der Waals surface area contributed by atoms with Crippen LogP contribution in [0.5, 0.6) is 5.75 Å². The number of amides is 1. The van der Waals surface area contributed by atoms with Crippen molar-refractivity contribution in [3.63, 3.8) is 0 Å². The summed E-state index contributed by atoms with van der Waals surface area (Å²) in [5.41, 5.74) is 4.58. The van der Waals surface area contributed by atoms with Gasteiger partial charge in [-0.2, -0.15) is 0 Å². The number of carbonyl (C=O) groups is 1. The van der Waals surface area contributed by atoms with Gasteiger partial charge in [-0.15, -0.1) is 0 Å². The highest BCUT2D eigenvalue weighted by Gasteiger charge is 2.18. The third-order valence-corrected chi connectivity index (χ3v) is 4.62. The number of carbonyl (C=O) groups excluding carboxylic acids is 1. The summed E-state index contributed by atoms with van der Waals surface area (Å²) in [4.78, 5) is 16.5. The summed E-state index contributed by atoms with van der Waals surface area (Å²) in [7, 11) is 0. The Morgan fingerprint density at radius 3 is 2.70 bits per heavy atom. The van der Waals surface area contributed by atoms with E-state index in [0.29, 0.717) is 12.4 Å². The molecule has 0 saturated carbocycles. The second-order valence-electron chi connectivity index (χ2n) is 6.50. The molecule has 3 aromatic rings. The van der Waals surface area contributed by atoms with Gasteiger partial charge in [-0.25, -0.2) is 4.98 Å². The molecule has 0 saturated heterocycles. The van der Waals surface area contributed by atoms with Crippen LogP contribution >= 0.6 is 0 Å². The molecule has 5 nitrogen and oxygen atoms in total. The van der Waals surface area contributed by atoms with Gasteiger partial charge in [0, 0.05) is 28.8 Å². The number of hydrogen-bond acceptors (Lipinski definition) is 4. The second kappa shape index (κ2) is 7.66. The van der Waals surface area contributed by atoms with Crippen LogP contribution in [0.2, 0.25) is 0 Å². The molecule has 0 aliphatic heterocycles. The second-order valence-corrected chi connectivity index (χ2v) is 6.50. The average Bonchev–Trinajstić information content (AvgIpc) is 2.93. The lowest BCUT2D eigenvalue weighted by molar-refractivity contribution is -0.111. The van der Waals surface area contributed by atoms with Crippen LogP contribution in [0.3, 0.4) is 0 Å². The van der Waals surface area contributed by atoms with Crippen molar-refractivity contribution in [3.05, 3.63) is 59.0 Å². The highest BCUT2D eigenvalue weighted by molar-refractivity contribution is 6.04. The molecule has 2 heterocycles. The van der Waals surface area contributed by atoms with E-state index in [1.54, 1.807) is 24.4 Å². The number of hydrogen-bond donors (Lipinski definition) is 1. The fourth-order valence-electron chi connectivity index (χ4n) is 3.11. The van der Waals surface area contributed by atoms with Gasteiger partial charge in [-0.1, -0.05) is 6.07 Å². The first-order chi connectivity index (χ1) is 12.9. The van der Waals surface area contributed by atoms with Crippen molar-refractivity contribution in [1.82, 2.24) is 4.98 Å². The van der Waals surface area contributed by atoms with Gasteiger partial charge < -0.3 is 14.5 Å². The summed E-state index contributed by atoms with van der Waals surface area (Å²) in [6, 6.07) is 7.42. The topological polar surface area (TPSA) is 64.4 Å². The number of aryl methyl sites for hydroxylation is 3. The van der Waals surface area contributed by atoms with Gasteiger partial charge in [0.05, 0.1) is 6.61 Å². The molecule has 140 valence electrons. The maximum atomic E-state index is 12.4. The summed E-state index contributed by atoms with van der Waals surface area (Å²) in [5, 5.41) is 3.82. The Morgan fingerprint density at radius 1 is 1.26 bits per heavy atom. The average molecular weight is 364 g/mol. The third-order valence-electron chi connectivity index (χ3n) is 4.62. The molecule has 0 spiro atoms. The Labute approximate surface area is 159 Å². The van der Waals surface area contributed by atoms with E-state index in [4.69, 9.17) is 9.15 Å². The molecule has 0 radical (unpaired) electrons. The number of allylic oxidation sites excluding steroid dienone is 1. The minimum Gasteiger partial charge on any atom is -0.493 e. The van der Waals surface area contributed by atoms with Crippen LogP contribution in [-0.2, 0) is 4.79 Å². The van der Waals surface area contributed by atoms with Gasteiger partial charge in [0.1, 0.15) is 22.9 Å². The number of anilines is 1. The van der Waals surface area contributed by atoms with E-state index < -0.39 is 0 Å². The van der Waals surface area contributed by atoms with Gasteiger partial charge in [-0.05, 0) is 64.0 Å². The monoisotopic (exact) mass is 364 g/mol. The van der Waals surface area contributed by atoms with E-state index >= 15 is 0 Å². The van der Waals surface area contributed by atoms with Crippen molar-refractivity contribution < 1.29 is 13.9 Å². The van der Waals surface area contributed by atoms with Gasteiger partial charge in [0.15, 0.2) is 0 Å². The molecule has 2 aromatic heterocycles. The summed E-state index contributed by atoms with van der Waals surface area (Å²) in [6.45, 7) is 10.4. The predicted molar refractivity (Wildman–Crippen MR) is 108 cm³/mol. The number of fused-ring (bicyclic) bond motifs is 1. The van der Waals surface area contributed by atoms with E-state index in [1.807, 2.05) is 46.8 Å². The minimum atomic E-state index is -0.230. The van der Waals surface area contributed by atoms with E-state index in [2.05, 4.69) is 10.3 Å². The van der Waals surface area contributed by atoms with Crippen LogP contribution in [0.4, 0.5) is 5.82 Å². The number of ether oxygens (including phenoxy) is 1. The minimum absolute atomic E-state index is 0.230. The molecule has 0 aliphatic rings. The summed E-state index contributed by atoms with van der Waals surface area (Å²) >= 11 is 0. The molecule has 5 heteroatoms. The van der Waals surface area contributed by atoms with Crippen LogP contribution in [0, 0.1) is 20.8 Å². The number of furan rings is 1. The molecule has 1 aromatic carbocycles. The zero-order valence-corrected chi connectivity index (χ0v) is 16.3. The number of nitrogens with zero attached hydrogens (tertiary/aromatic N) is 1. The molecule has 0 unspecified atom stereocenters. The Kier molecular flexibility index (Phi) is 5.31. The number of pyridine rings is 1. The smallest absolute Gasteiger partial charge is 0.249 e. The predicted octanol–water partition coefficient (Wildman–Crippen LogP) is 5.19. The molecule has 0 aliphatic carbocycles. The van der Waals surface area contributed by atoms with Crippen molar-refractivity contribution >= 4 is 28.3 Å². The quantitative estimate of drug-likeness (QED) is 0.633. The molecule has 0 bridgehead atoms. The Morgan fingerprint density at radius 2 is 2.04 bits per heavy atom. The van der Waals surface area contributed by atoms with Gasteiger partial charge in [-0.3, -0.25) is 4.79 Å². The van der Waals surface area contributed by atoms with Crippen LogP contribution < -0.4 is 10.1 Å². The van der Waals surface area contributed by atoms with E-state index in [-0.39, 0.29) is 5.91 Å². The largest absolute Gasteiger partial charge is 0.493 e. The molecule has 0 atom stereocenters. The fraction of sp³-hybridized carbons (Fsp3) is 0.273. The summed E-state index contributed by atoms with van der Waals surface area (Å²) in [5.74, 6) is 1.93. The van der Waals surface area contributed by atoms with Crippen molar-refractivity contribution in [3.8, 4) is 5.75 Å². The van der Waals surface area contributed by atoms with Crippen molar-refractivity contribution in [2.75, 3.05) is 11.9 Å². The SMILES string of the molecule is CCOc1c(/C(C)=C/C(=O)Nc2ccccn2)cc2c(C)c(C)oc2c1C. The Bertz CT molecular complexity index is 1020. The van der Waals surface area contributed by atoms with Crippen LogP contribution in [0.1, 0.15) is 36.3 Å². The first-order valence-electron chi connectivity index (χ1n) is 8.99. The van der Waals surface area contributed by atoms with Gasteiger partial charge in [0.2, 0.25) is 5.91 Å². The zero-order chi connectivity index (χ0) is 19.6. The van der Waals surface area contributed by atoms with E-state index in [0.717, 1.165) is 44.7 Å². The lowest BCUT2D eigenvalue weighted by Gasteiger charge is -2.14. The van der Waals surface area contributed by atoms with E-state index in [9.17, 15) is 4.79 Å². The first-order valence-corrected chi connectivity index (χ1v) is 8.99. The lowest BCUT2D eigenvalue weighted by Crippen LogP contribution is -2.10. The van der Waals surface area contributed by atoms with Crippen LogP contribution in [0.15, 0.2) is 41.0 Å². The Hall–Kier alpha value is -3.08. The maximum Gasteiger partial charge on any atom is 0.249 e. The number of nitrogens with one attached hydrogen (secondary N) is 1.